The summed E-state index contributed by atoms with van der Waals surface area (Å²) in [6.07, 6.45) is 1.16. The lowest BCUT2D eigenvalue weighted by molar-refractivity contribution is -0.121. The zero-order valence-electron chi connectivity index (χ0n) is 12.5. The van der Waals surface area contributed by atoms with E-state index in [1.807, 2.05) is 42.5 Å². The lowest BCUT2D eigenvalue weighted by Crippen LogP contribution is -2.34. The summed E-state index contributed by atoms with van der Waals surface area (Å²) in [5.41, 5.74) is 2.73. The maximum Gasteiger partial charge on any atom is 0.256 e. The van der Waals surface area contributed by atoms with Crippen LogP contribution in [0, 0.1) is 0 Å². The van der Waals surface area contributed by atoms with Gasteiger partial charge in [-0.25, -0.2) is 4.90 Å². The number of hydrogen-bond donors (Lipinski definition) is 1. The number of rotatable bonds is 4. The average Bonchev–Trinajstić information content (AvgIpc) is 2.83. The van der Waals surface area contributed by atoms with E-state index < -0.39 is 6.04 Å². The van der Waals surface area contributed by atoms with Crippen molar-refractivity contribution in [2.24, 2.45) is 0 Å². The van der Waals surface area contributed by atoms with Crippen molar-refractivity contribution >= 4 is 23.2 Å². The van der Waals surface area contributed by atoms with Gasteiger partial charge in [-0.3, -0.25) is 9.59 Å². The molecule has 4 heteroatoms. The first kappa shape index (κ1) is 14.3. The van der Waals surface area contributed by atoms with E-state index in [-0.39, 0.29) is 18.2 Å². The average molecular weight is 294 g/mol. The van der Waals surface area contributed by atoms with Gasteiger partial charge in [0.15, 0.2) is 0 Å². The number of hydrogen-bond acceptors (Lipinski definition) is 3. The highest BCUT2D eigenvalue weighted by Gasteiger charge is 2.39. The van der Waals surface area contributed by atoms with Crippen LogP contribution < -0.4 is 10.2 Å². The molecule has 3 rings (SSSR count). The molecule has 1 fully saturated rings. The summed E-state index contributed by atoms with van der Waals surface area (Å²) in [6, 6.07) is 16.5. The molecule has 2 aromatic rings. The Morgan fingerprint density at radius 3 is 2.36 bits per heavy atom. The van der Waals surface area contributed by atoms with Crippen LogP contribution in [0.5, 0.6) is 0 Å². The zero-order valence-corrected chi connectivity index (χ0v) is 12.5. The van der Waals surface area contributed by atoms with Crippen molar-refractivity contribution in [3.63, 3.8) is 0 Å². The first-order valence-electron chi connectivity index (χ1n) is 7.46. The quantitative estimate of drug-likeness (QED) is 0.882. The highest BCUT2D eigenvalue weighted by atomic mass is 16.2. The molecule has 0 aliphatic carbocycles. The fourth-order valence-electron chi connectivity index (χ4n) is 2.63. The van der Waals surface area contributed by atoms with Crippen LogP contribution in [0.15, 0.2) is 54.6 Å². The number of nitrogens with zero attached hydrogens (tertiary/aromatic N) is 1. The number of carbonyl (C=O) groups is 2. The van der Waals surface area contributed by atoms with Gasteiger partial charge in [-0.1, -0.05) is 37.3 Å². The molecular formula is C18H18N2O2. The summed E-state index contributed by atoms with van der Waals surface area (Å²) in [6.45, 7) is 2.10. The molecule has 1 N–H and O–H groups in total. The molecule has 0 spiro atoms. The standard InChI is InChI=1S/C18H18N2O2/c1-2-13-8-10-14(11-9-13)19-16-12-17(21)20(18(16)22)15-6-4-3-5-7-15/h3-11,16,19H,2,12H2,1H3/t16-/m1/s1. The first-order valence-corrected chi connectivity index (χ1v) is 7.46. The van der Waals surface area contributed by atoms with Gasteiger partial charge in [0, 0.05) is 5.69 Å². The summed E-state index contributed by atoms with van der Waals surface area (Å²) >= 11 is 0. The highest BCUT2D eigenvalue weighted by Crippen LogP contribution is 2.24. The van der Waals surface area contributed by atoms with Gasteiger partial charge in [0.1, 0.15) is 6.04 Å². The Balaban J connectivity index is 1.76. The smallest absolute Gasteiger partial charge is 0.256 e. The molecule has 2 amide bonds. The zero-order chi connectivity index (χ0) is 15.5. The summed E-state index contributed by atoms with van der Waals surface area (Å²) < 4.78 is 0. The van der Waals surface area contributed by atoms with E-state index in [4.69, 9.17) is 0 Å². The van der Waals surface area contributed by atoms with Crippen LogP contribution in [0.25, 0.3) is 0 Å². The number of nitrogens with one attached hydrogen (secondary N) is 1. The van der Waals surface area contributed by atoms with Crippen LogP contribution in [0.1, 0.15) is 18.9 Å². The normalized spacial score (nSPS) is 17.9. The number of para-hydroxylation sites is 1. The van der Waals surface area contributed by atoms with Crippen molar-refractivity contribution in [2.75, 3.05) is 10.2 Å². The van der Waals surface area contributed by atoms with E-state index in [9.17, 15) is 9.59 Å². The van der Waals surface area contributed by atoms with Crippen molar-refractivity contribution in [1.29, 1.82) is 0 Å². The van der Waals surface area contributed by atoms with Gasteiger partial charge in [-0.15, -0.1) is 0 Å². The van der Waals surface area contributed by atoms with Crippen molar-refractivity contribution < 1.29 is 9.59 Å². The van der Waals surface area contributed by atoms with Crippen LogP contribution in [0.2, 0.25) is 0 Å². The van der Waals surface area contributed by atoms with Gasteiger partial charge in [-0.2, -0.15) is 0 Å². The van der Waals surface area contributed by atoms with Gasteiger partial charge < -0.3 is 5.32 Å². The second-order valence-corrected chi connectivity index (χ2v) is 5.35. The molecule has 1 aliphatic rings. The number of amides is 2. The molecule has 2 aromatic carbocycles. The Labute approximate surface area is 129 Å². The van der Waals surface area contributed by atoms with E-state index in [0.29, 0.717) is 5.69 Å². The molecule has 1 atom stereocenters. The van der Waals surface area contributed by atoms with Gasteiger partial charge in [0.2, 0.25) is 5.91 Å². The largest absolute Gasteiger partial charge is 0.373 e. The topological polar surface area (TPSA) is 49.4 Å². The Bertz CT molecular complexity index is 680. The summed E-state index contributed by atoms with van der Waals surface area (Å²) in [4.78, 5) is 25.9. The lowest BCUT2D eigenvalue weighted by atomic mass is 10.1. The van der Waals surface area contributed by atoms with Crippen LogP contribution in [-0.4, -0.2) is 17.9 Å². The Hall–Kier alpha value is -2.62. The maximum atomic E-state index is 12.5. The predicted molar refractivity (Wildman–Crippen MR) is 86.8 cm³/mol. The van der Waals surface area contributed by atoms with Crippen molar-refractivity contribution in [1.82, 2.24) is 0 Å². The summed E-state index contributed by atoms with van der Waals surface area (Å²) in [7, 11) is 0. The fourth-order valence-corrected chi connectivity index (χ4v) is 2.63. The van der Waals surface area contributed by atoms with E-state index in [0.717, 1.165) is 12.1 Å². The lowest BCUT2D eigenvalue weighted by Gasteiger charge is -2.16. The van der Waals surface area contributed by atoms with Crippen molar-refractivity contribution in [2.45, 2.75) is 25.8 Å². The molecular weight excluding hydrogens is 276 g/mol. The minimum absolute atomic E-state index is 0.168. The fraction of sp³-hybridized carbons (Fsp3) is 0.222. The molecule has 22 heavy (non-hydrogen) atoms. The Kier molecular flexibility index (Phi) is 3.92. The molecule has 4 nitrogen and oxygen atoms in total. The van der Waals surface area contributed by atoms with Gasteiger partial charge in [0.05, 0.1) is 12.1 Å². The SMILES string of the molecule is CCc1ccc(N[C@@H]2CC(=O)N(c3ccccc3)C2=O)cc1. The number of aryl methyl sites for hydroxylation is 1. The first-order chi connectivity index (χ1) is 10.7. The maximum absolute atomic E-state index is 12.5. The summed E-state index contributed by atoms with van der Waals surface area (Å²) in [5.74, 6) is -0.366. The summed E-state index contributed by atoms with van der Waals surface area (Å²) in [5, 5.41) is 3.16. The number of benzene rings is 2. The second kappa shape index (κ2) is 6.02. The third-order valence-corrected chi connectivity index (χ3v) is 3.86. The molecule has 0 radical (unpaired) electrons. The van der Waals surface area contributed by atoms with Crippen molar-refractivity contribution in [3.05, 3.63) is 60.2 Å². The predicted octanol–water partition coefficient (Wildman–Crippen LogP) is 2.99. The van der Waals surface area contributed by atoms with Crippen LogP contribution >= 0.6 is 0 Å². The Morgan fingerprint density at radius 1 is 1.05 bits per heavy atom. The molecule has 0 unspecified atom stereocenters. The highest BCUT2D eigenvalue weighted by molar-refractivity contribution is 6.23. The van der Waals surface area contributed by atoms with Crippen LogP contribution in [0.4, 0.5) is 11.4 Å². The van der Waals surface area contributed by atoms with Gasteiger partial charge in [0.25, 0.3) is 5.91 Å². The van der Waals surface area contributed by atoms with Crippen molar-refractivity contribution in [3.8, 4) is 0 Å². The monoisotopic (exact) mass is 294 g/mol. The molecule has 1 saturated heterocycles. The van der Waals surface area contributed by atoms with Gasteiger partial charge in [-0.05, 0) is 36.2 Å². The number of carbonyl (C=O) groups excluding carboxylic acids is 2. The second-order valence-electron chi connectivity index (χ2n) is 5.35. The van der Waals surface area contributed by atoms with E-state index in [1.54, 1.807) is 12.1 Å². The van der Waals surface area contributed by atoms with Crippen LogP contribution in [-0.2, 0) is 16.0 Å². The third-order valence-electron chi connectivity index (χ3n) is 3.86. The third kappa shape index (κ3) is 2.72. The van der Waals surface area contributed by atoms with Gasteiger partial charge >= 0.3 is 0 Å². The molecule has 1 heterocycles. The van der Waals surface area contributed by atoms with E-state index >= 15 is 0 Å². The van der Waals surface area contributed by atoms with Crippen LogP contribution in [0.3, 0.4) is 0 Å². The molecule has 1 aliphatic heterocycles. The number of anilines is 2. The molecule has 112 valence electrons. The molecule has 0 aromatic heterocycles. The van der Waals surface area contributed by atoms with E-state index in [1.165, 1.54) is 10.5 Å². The molecule has 0 bridgehead atoms. The minimum Gasteiger partial charge on any atom is -0.373 e. The number of imide groups is 1. The minimum atomic E-state index is -0.500. The molecule has 0 saturated carbocycles. The van der Waals surface area contributed by atoms with E-state index in [2.05, 4.69) is 12.2 Å². The Morgan fingerprint density at radius 2 is 1.73 bits per heavy atom.